The number of thiocarbonyl (C=S) groups is 1. The molecule has 1 atom stereocenters. The van der Waals surface area contributed by atoms with E-state index in [1.54, 1.807) is 0 Å². The number of aliphatic hydroxyl groups is 1. The van der Waals surface area contributed by atoms with Crippen molar-refractivity contribution < 1.29 is 5.11 Å². The molecule has 2 rings (SSSR count). The van der Waals surface area contributed by atoms with Crippen LogP contribution in [-0.2, 0) is 0 Å². The van der Waals surface area contributed by atoms with Gasteiger partial charge >= 0.3 is 0 Å². The van der Waals surface area contributed by atoms with Crippen LogP contribution in [0, 0.1) is 5.92 Å². The average Bonchev–Trinajstić information content (AvgIpc) is 2.77. The Morgan fingerprint density at radius 3 is 3.00 bits per heavy atom. The van der Waals surface area contributed by atoms with Crippen molar-refractivity contribution in [3.63, 3.8) is 0 Å². The summed E-state index contributed by atoms with van der Waals surface area (Å²) in [7, 11) is 0. The number of nitrogens with zero attached hydrogens (tertiary/aromatic N) is 1. The molecule has 1 saturated heterocycles. The Bertz CT molecular complexity index is 453. The zero-order valence-corrected chi connectivity index (χ0v) is 12.5. The lowest BCUT2D eigenvalue weighted by atomic mass is 10.1. The number of rotatable bonds is 4. The van der Waals surface area contributed by atoms with Crippen molar-refractivity contribution in [3.05, 3.63) is 28.2 Å². The highest BCUT2D eigenvalue weighted by molar-refractivity contribution is 9.10. The van der Waals surface area contributed by atoms with E-state index in [4.69, 9.17) is 23.1 Å². The molecule has 1 aromatic rings. The van der Waals surface area contributed by atoms with E-state index in [2.05, 4.69) is 26.9 Å². The van der Waals surface area contributed by atoms with Gasteiger partial charge in [0.05, 0.1) is 0 Å². The van der Waals surface area contributed by atoms with Crippen LogP contribution in [-0.4, -0.2) is 29.8 Å². The summed E-state index contributed by atoms with van der Waals surface area (Å²) in [5, 5.41) is 9.00. The van der Waals surface area contributed by atoms with Crippen molar-refractivity contribution in [2.75, 3.05) is 24.6 Å². The third-order valence-electron chi connectivity index (χ3n) is 3.40. The van der Waals surface area contributed by atoms with Gasteiger partial charge in [-0.05, 0) is 46.8 Å². The van der Waals surface area contributed by atoms with Crippen molar-refractivity contribution in [1.82, 2.24) is 0 Å². The second-order valence-electron chi connectivity index (χ2n) is 4.61. The highest BCUT2D eigenvalue weighted by atomic mass is 79.9. The highest BCUT2D eigenvalue weighted by Crippen LogP contribution is 2.32. The van der Waals surface area contributed by atoms with Crippen molar-refractivity contribution in [2.24, 2.45) is 11.7 Å². The van der Waals surface area contributed by atoms with Crippen LogP contribution in [0.2, 0.25) is 0 Å². The molecule has 0 bridgehead atoms. The van der Waals surface area contributed by atoms with Crippen LogP contribution in [0.15, 0.2) is 22.7 Å². The number of halogens is 1. The molecule has 0 spiro atoms. The van der Waals surface area contributed by atoms with Gasteiger partial charge in [-0.3, -0.25) is 0 Å². The predicted octanol–water partition coefficient (Wildman–Crippen LogP) is 2.29. The first-order chi connectivity index (χ1) is 8.63. The van der Waals surface area contributed by atoms with E-state index in [-0.39, 0.29) is 6.61 Å². The van der Waals surface area contributed by atoms with Gasteiger partial charge in [0.15, 0.2) is 0 Å². The van der Waals surface area contributed by atoms with Crippen molar-refractivity contribution in [2.45, 2.75) is 12.8 Å². The molecular weight excluding hydrogens is 312 g/mol. The highest BCUT2D eigenvalue weighted by Gasteiger charge is 2.24. The zero-order chi connectivity index (χ0) is 13.1. The Labute approximate surface area is 121 Å². The molecule has 1 unspecified atom stereocenters. The maximum atomic E-state index is 9.00. The fraction of sp³-hybridized carbons (Fsp3) is 0.462. The van der Waals surface area contributed by atoms with Gasteiger partial charge in [-0.15, -0.1) is 0 Å². The van der Waals surface area contributed by atoms with Crippen LogP contribution in [0.1, 0.15) is 18.4 Å². The standard InChI is InChI=1S/C13H17BrN2OS/c14-10-2-1-3-11(12(10)13(15)18)16-6-4-9(8-16)5-7-17/h1-3,9,17H,4-8H2,(H2,15,18). The van der Waals surface area contributed by atoms with Crippen molar-refractivity contribution in [1.29, 1.82) is 0 Å². The van der Waals surface area contributed by atoms with Crippen LogP contribution in [0.4, 0.5) is 5.69 Å². The molecule has 98 valence electrons. The molecule has 1 heterocycles. The summed E-state index contributed by atoms with van der Waals surface area (Å²) >= 11 is 8.64. The van der Waals surface area contributed by atoms with Gasteiger partial charge in [-0.25, -0.2) is 0 Å². The van der Waals surface area contributed by atoms with Crippen molar-refractivity contribution >= 4 is 38.8 Å². The summed E-state index contributed by atoms with van der Waals surface area (Å²) in [4.78, 5) is 2.72. The molecule has 5 heteroatoms. The normalized spacial score (nSPS) is 19.2. The number of nitrogens with two attached hydrogens (primary N) is 1. The Morgan fingerprint density at radius 1 is 1.56 bits per heavy atom. The van der Waals surface area contributed by atoms with Gasteiger partial charge in [0, 0.05) is 35.4 Å². The summed E-state index contributed by atoms with van der Waals surface area (Å²) in [6.45, 7) is 2.22. The first-order valence-electron chi connectivity index (χ1n) is 6.07. The summed E-state index contributed by atoms with van der Waals surface area (Å²) in [5.74, 6) is 0.563. The lowest BCUT2D eigenvalue weighted by Crippen LogP contribution is -2.24. The first-order valence-corrected chi connectivity index (χ1v) is 7.27. The van der Waals surface area contributed by atoms with E-state index in [0.29, 0.717) is 10.9 Å². The maximum Gasteiger partial charge on any atom is 0.107 e. The van der Waals surface area contributed by atoms with Crippen LogP contribution < -0.4 is 10.6 Å². The largest absolute Gasteiger partial charge is 0.396 e. The topological polar surface area (TPSA) is 49.5 Å². The van der Waals surface area contributed by atoms with E-state index >= 15 is 0 Å². The minimum absolute atomic E-state index is 0.263. The van der Waals surface area contributed by atoms with Crippen LogP contribution in [0.5, 0.6) is 0 Å². The maximum absolute atomic E-state index is 9.00. The lowest BCUT2D eigenvalue weighted by molar-refractivity contribution is 0.263. The summed E-state index contributed by atoms with van der Waals surface area (Å²) in [6, 6.07) is 6.01. The predicted molar refractivity (Wildman–Crippen MR) is 82.1 cm³/mol. The number of hydrogen-bond acceptors (Lipinski definition) is 3. The van der Waals surface area contributed by atoms with E-state index in [1.165, 1.54) is 0 Å². The molecular formula is C13H17BrN2OS. The number of aliphatic hydroxyl groups excluding tert-OH is 1. The fourth-order valence-electron chi connectivity index (χ4n) is 2.49. The number of hydrogen-bond donors (Lipinski definition) is 2. The SMILES string of the molecule is NC(=S)c1c(Br)cccc1N1CCC(CCO)C1. The molecule has 1 aromatic carbocycles. The zero-order valence-electron chi connectivity index (χ0n) is 10.1. The van der Waals surface area contributed by atoms with Gasteiger partial charge in [0.25, 0.3) is 0 Å². The van der Waals surface area contributed by atoms with E-state index < -0.39 is 0 Å². The third-order valence-corrected chi connectivity index (χ3v) is 4.27. The molecule has 1 fully saturated rings. The minimum atomic E-state index is 0.263. The van der Waals surface area contributed by atoms with Gasteiger partial charge in [0.1, 0.15) is 4.99 Å². The molecule has 0 aromatic heterocycles. The molecule has 1 aliphatic rings. The van der Waals surface area contributed by atoms with Gasteiger partial charge in [-0.1, -0.05) is 18.3 Å². The lowest BCUT2D eigenvalue weighted by Gasteiger charge is -2.22. The molecule has 0 radical (unpaired) electrons. The monoisotopic (exact) mass is 328 g/mol. The third kappa shape index (κ3) is 2.84. The molecule has 0 aliphatic carbocycles. The Balaban J connectivity index is 2.24. The fourth-order valence-corrected chi connectivity index (χ4v) is 3.40. The second kappa shape index (κ2) is 5.99. The number of benzene rings is 1. The van der Waals surface area contributed by atoms with E-state index in [1.807, 2.05) is 12.1 Å². The molecule has 0 amide bonds. The summed E-state index contributed by atoms with van der Waals surface area (Å²) in [6.07, 6.45) is 1.98. The average molecular weight is 329 g/mol. The van der Waals surface area contributed by atoms with Crippen LogP contribution in [0.25, 0.3) is 0 Å². The molecule has 3 N–H and O–H groups in total. The van der Waals surface area contributed by atoms with Crippen molar-refractivity contribution in [3.8, 4) is 0 Å². The summed E-state index contributed by atoms with van der Waals surface area (Å²) in [5.41, 5.74) is 7.82. The minimum Gasteiger partial charge on any atom is -0.396 e. The van der Waals surface area contributed by atoms with Gasteiger partial charge in [0.2, 0.25) is 0 Å². The molecule has 3 nitrogen and oxygen atoms in total. The first kappa shape index (κ1) is 13.8. The van der Waals surface area contributed by atoms with Crippen LogP contribution in [0.3, 0.4) is 0 Å². The Hall–Kier alpha value is -0.650. The molecule has 18 heavy (non-hydrogen) atoms. The smallest absolute Gasteiger partial charge is 0.107 e. The van der Waals surface area contributed by atoms with E-state index in [9.17, 15) is 0 Å². The van der Waals surface area contributed by atoms with Crippen LogP contribution >= 0.6 is 28.1 Å². The Morgan fingerprint density at radius 2 is 2.33 bits per heavy atom. The number of anilines is 1. The molecule has 0 saturated carbocycles. The van der Waals surface area contributed by atoms with E-state index in [0.717, 1.165) is 41.7 Å². The summed E-state index contributed by atoms with van der Waals surface area (Å²) < 4.78 is 0.943. The Kier molecular flexibility index (Phi) is 4.59. The molecule has 1 aliphatic heterocycles. The second-order valence-corrected chi connectivity index (χ2v) is 5.91. The quantitative estimate of drug-likeness (QED) is 0.832. The van der Waals surface area contributed by atoms with Gasteiger partial charge in [-0.2, -0.15) is 0 Å². The van der Waals surface area contributed by atoms with Gasteiger partial charge < -0.3 is 15.7 Å².